The van der Waals surface area contributed by atoms with Crippen molar-refractivity contribution in [3.63, 3.8) is 0 Å². The zero-order valence-corrected chi connectivity index (χ0v) is 26.0. The highest BCUT2D eigenvalue weighted by Gasteiger charge is 2.12. The van der Waals surface area contributed by atoms with Gasteiger partial charge in [0.25, 0.3) is 0 Å². The third-order valence-electron chi connectivity index (χ3n) is 7.96. The van der Waals surface area contributed by atoms with Crippen LogP contribution in [0.25, 0.3) is 0 Å². The van der Waals surface area contributed by atoms with Gasteiger partial charge in [-0.2, -0.15) is 0 Å². The second kappa shape index (κ2) is 32.2. The number of rotatable bonds is 31. The fraction of sp³-hybridized carbons (Fsp3) is 0.861. The van der Waals surface area contributed by atoms with Gasteiger partial charge in [-0.1, -0.05) is 147 Å². The van der Waals surface area contributed by atoms with Gasteiger partial charge in [-0.15, -0.1) is 0 Å². The molecule has 0 fully saturated rings. The lowest BCUT2D eigenvalue weighted by Crippen LogP contribution is -2.08. The third kappa shape index (κ3) is 31.2. The average molecular weight is 533 g/mol. The molecule has 1 atom stereocenters. The Kier molecular flexibility index (Phi) is 31.3. The van der Waals surface area contributed by atoms with E-state index in [1.165, 1.54) is 161 Å². The van der Waals surface area contributed by atoms with Gasteiger partial charge in [-0.05, 0) is 70.1 Å². The van der Waals surface area contributed by atoms with Crippen molar-refractivity contribution < 1.29 is 9.90 Å². The van der Waals surface area contributed by atoms with E-state index in [2.05, 4.69) is 38.2 Å². The third-order valence-corrected chi connectivity index (χ3v) is 7.96. The van der Waals surface area contributed by atoms with Gasteiger partial charge in [0.1, 0.15) is 0 Å². The molecule has 0 aromatic heterocycles. The zero-order valence-electron chi connectivity index (χ0n) is 26.0. The minimum Gasteiger partial charge on any atom is -0.481 e. The van der Waals surface area contributed by atoms with Gasteiger partial charge in [0.05, 0.1) is 0 Å². The molecule has 0 aromatic rings. The van der Waals surface area contributed by atoms with Crippen LogP contribution in [0.3, 0.4) is 0 Å². The topological polar surface area (TPSA) is 37.3 Å². The molecule has 0 aliphatic rings. The zero-order chi connectivity index (χ0) is 27.8. The quantitative estimate of drug-likeness (QED) is 0.0712. The summed E-state index contributed by atoms with van der Waals surface area (Å²) in [5.74, 6) is -0.232. The molecule has 224 valence electrons. The van der Waals surface area contributed by atoms with E-state index >= 15 is 0 Å². The van der Waals surface area contributed by atoms with Crippen molar-refractivity contribution >= 4 is 5.97 Å². The van der Waals surface area contributed by atoms with Crippen molar-refractivity contribution in [2.75, 3.05) is 0 Å². The molecule has 0 spiro atoms. The van der Waals surface area contributed by atoms with Gasteiger partial charge in [0.15, 0.2) is 0 Å². The van der Waals surface area contributed by atoms with Crippen LogP contribution in [0.5, 0.6) is 0 Å². The van der Waals surface area contributed by atoms with Gasteiger partial charge < -0.3 is 5.11 Å². The highest BCUT2D eigenvalue weighted by atomic mass is 16.4. The summed E-state index contributed by atoms with van der Waals surface area (Å²) in [6.07, 6.45) is 45.1. The smallest absolute Gasteiger partial charge is 0.303 e. The first kappa shape index (κ1) is 37.0. The van der Waals surface area contributed by atoms with Crippen LogP contribution in [-0.2, 0) is 4.79 Å². The molecular weight excluding hydrogens is 464 g/mol. The molecule has 0 saturated carbocycles. The van der Waals surface area contributed by atoms with Crippen LogP contribution in [0.1, 0.15) is 194 Å². The molecule has 0 amide bonds. The largest absolute Gasteiger partial charge is 0.481 e. The van der Waals surface area contributed by atoms with E-state index in [4.69, 9.17) is 0 Å². The van der Waals surface area contributed by atoms with E-state index < -0.39 is 5.97 Å². The molecule has 0 bridgehead atoms. The lowest BCUT2D eigenvalue weighted by atomic mass is 9.91. The Morgan fingerprint density at radius 2 is 0.763 bits per heavy atom. The summed E-state index contributed by atoms with van der Waals surface area (Å²) < 4.78 is 0. The fourth-order valence-corrected chi connectivity index (χ4v) is 5.43. The second-order valence-corrected chi connectivity index (χ2v) is 11.9. The molecule has 2 nitrogen and oxygen atoms in total. The monoisotopic (exact) mass is 533 g/mol. The molecule has 0 radical (unpaired) electrons. The number of aliphatic carboxylic acids is 1. The summed E-state index contributed by atoms with van der Waals surface area (Å²) >= 11 is 0. The highest BCUT2D eigenvalue weighted by molar-refractivity contribution is 5.66. The van der Waals surface area contributed by atoms with E-state index in [9.17, 15) is 9.90 Å². The summed E-state index contributed by atoms with van der Waals surface area (Å²) in [5.41, 5.74) is 0. The Morgan fingerprint density at radius 1 is 0.474 bits per heavy atom. The van der Waals surface area contributed by atoms with Gasteiger partial charge in [0, 0.05) is 6.42 Å². The maximum Gasteiger partial charge on any atom is 0.303 e. The van der Waals surface area contributed by atoms with Gasteiger partial charge >= 0.3 is 5.97 Å². The van der Waals surface area contributed by atoms with Crippen LogP contribution >= 0.6 is 0 Å². The lowest BCUT2D eigenvalue weighted by molar-refractivity contribution is -0.138. The molecule has 0 saturated heterocycles. The lowest BCUT2D eigenvalue weighted by Gasteiger charge is -2.14. The SMILES string of the molecule is CCCCCCCC/C=C\CCCCCCCCC(CCCCC/C=C\CCCCCCCC)CC(=O)O. The van der Waals surface area contributed by atoms with Crippen LogP contribution in [0.15, 0.2) is 24.3 Å². The van der Waals surface area contributed by atoms with E-state index in [0.29, 0.717) is 12.3 Å². The van der Waals surface area contributed by atoms with Crippen molar-refractivity contribution in [3.05, 3.63) is 24.3 Å². The molecule has 0 aliphatic carbocycles. The fourth-order valence-electron chi connectivity index (χ4n) is 5.43. The van der Waals surface area contributed by atoms with E-state index in [0.717, 1.165) is 12.8 Å². The normalized spacial score (nSPS) is 12.7. The number of hydrogen-bond donors (Lipinski definition) is 1. The van der Waals surface area contributed by atoms with Crippen LogP contribution in [0, 0.1) is 5.92 Å². The van der Waals surface area contributed by atoms with Crippen LogP contribution in [0.4, 0.5) is 0 Å². The summed E-state index contributed by atoms with van der Waals surface area (Å²) in [5, 5.41) is 9.31. The molecular formula is C36H68O2. The highest BCUT2D eigenvalue weighted by Crippen LogP contribution is 2.22. The van der Waals surface area contributed by atoms with Gasteiger partial charge in [-0.25, -0.2) is 0 Å². The molecule has 0 heterocycles. The number of carboxylic acids is 1. The number of unbranched alkanes of at least 4 members (excludes halogenated alkanes) is 21. The first-order valence-corrected chi connectivity index (χ1v) is 17.2. The maximum absolute atomic E-state index is 11.3. The Labute approximate surface area is 239 Å². The van der Waals surface area contributed by atoms with E-state index in [1.807, 2.05) is 0 Å². The summed E-state index contributed by atoms with van der Waals surface area (Å²) in [7, 11) is 0. The van der Waals surface area contributed by atoms with E-state index in [-0.39, 0.29) is 0 Å². The van der Waals surface area contributed by atoms with Gasteiger partial charge in [0.2, 0.25) is 0 Å². The number of carbonyl (C=O) groups is 1. The number of allylic oxidation sites excluding steroid dienone is 4. The number of hydrogen-bond acceptors (Lipinski definition) is 1. The van der Waals surface area contributed by atoms with Crippen molar-refractivity contribution in [2.24, 2.45) is 5.92 Å². The molecule has 0 aromatic carbocycles. The van der Waals surface area contributed by atoms with Crippen molar-refractivity contribution in [2.45, 2.75) is 194 Å². The van der Waals surface area contributed by atoms with Crippen molar-refractivity contribution in [1.29, 1.82) is 0 Å². The molecule has 2 heteroatoms. The van der Waals surface area contributed by atoms with Crippen LogP contribution in [-0.4, -0.2) is 11.1 Å². The predicted molar refractivity (Wildman–Crippen MR) is 170 cm³/mol. The van der Waals surface area contributed by atoms with Crippen molar-refractivity contribution in [3.8, 4) is 0 Å². The summed E-state index contributed by atoms with van der Waals surface area (Å²) in [6.45, 7) is 4.55. The van der Waals surface area contributed by atoms with Gasteiger partial charge in [-0.3, -0.25) is 4.79 Å². The molecule has 1 unspecified atom stereocenters. The average Bonchev–Trinajstić information content (AvgIpc) is 2.90. The van der Waals surface area contributed by atoms with Crippen molar-refractivity contribution in [1.82, 2.24) is 0 Å². The Balaban J connectivity index is 3.59. The summed E-state index contributed by atoms with van der Waals surface area (Å²) in [4.78, 5) is 11.3. The molecule has 0 aliphatic heterocycles. The Hall–Kier alpha value is -1.05. The number of carboxylic acid groups (broad SMARTS) is 1. The Morgan fingerprint density at radius 3 is 1.11 bits per heavy atom. The molecule has 38 heavy (non-hydrogen) atoms. The summed E-state index contributed by atoms with van der Waals surface area (Å²) in [6, 6.07) is 0. The Bertz CT molecular complexity index is 521. The minimum atomic E-state index is -0.614. The standard InChI is InChI=1S/C36H68O2/c1-3-5-7-9-11-13-15-17-18-19-21-23-25-27-29-31-33-35(34-36(37)38)32-30-28-26-24-22-20-16-14-12-10-8-6-4-2/h17-18,20,22,35H,3-16,19,21,23-34H2,1-2H3,(H,37,38)/b18-17-,22-20-. The van der Waals surface area contributed by atoms with Crippen LogP contribution < -0.4 is 0 Å². The van der Waals surface area contributed by atoms with E-state index in [1.54, 1.807) is 0 Å². The second-order valence-electron chi connectivity index (χ2n) is 11.9. The maximum atomic E-state index is 11.3. The predicted octanol–water partition coefficient (Wildman–Crippen LogP) is 12.8. The minimum absolute atomic E-state index is 0.364. The van der Waals surface area contributed by atoms with Crippen LogP contribution in [0.2, 0.25) is 0 Å². The first-order valence-electron chi connectivity index (χ1n) is 17.2. The molecule has 0 rings (SSSR count). The first-order chi connectivity index (χ1) is 18.7. The molecule has 1 N–H and O–H groups in total.